The molecular weight excluding hydrogens is 376 g/mol. The molecule has 1 aliphatic heterocycles. The van der Waals surface area contributed by atoms with Crippen LogP contribution in [0.3, 0.4) is 0 Å². The fourth-order valence-electron chi connectivity index (χ4n) is 3.72. The van der Waals surface area contributed by atoms with Crippen molar-refractivity contribution in [2.24, 2.45) is 0 Å². The highest BCUT2D eigenvalue weighted by Gasteiger charge is 2.23. The van der Waals surface area contributed by atoms with E-state index in [1.54, 1.807) is 14.0 Å². The van der Waals surface area contributed by atoms with Gasteiger partial charge in [0.25, 0.3) is 0 Å². The summed E-state index contributed by atoms with van der Waals surface area (Å²) in [5.74, 6) is -0.692. The van der Waals surface area contributed by atoms with Gasteiger partial charge in [-0.25, -0.2) is 8.78 Å². The summed E-state index contributed by atoms with van der Waals surface area (Å²) in [7, 11) is 1.73. The zero-order valence-electron chi connectivity index (χ0n) is 16.6. The van der Waals surface area contributed by atoms with Crippen molar-refractivity contribution in [3.63, 3.8) is 0 Å². The predicted molar refractivity (Wildman–Crippen MR) is 108 cm³/mol. The number of anilines is 2. The quantitative estimate of drug-likeness (QED) is 0.700. The van der Waals surface area contributed by atoms with Crippen molar-refractivity contribution in [1.82, 2.24) is 15.2 Å². The van der Waals surface area contributed by atoms with Gasteiger partial charge in [-0.1, -0.05) is 6.07 Å². The molecule has 0 bridgehead atoms. The van der Waals surface area contributed by atoms with Gasteiger partial charge in [-0.3, -0.25) is 4.98 Å². The average Bonchev–Trinajstić information content (AvgIpc) is 3.19. The van der Waals surface area contributed by atoms with Crippen LogP contribution in [0.5, 0.6) is 0 Å². The van der Waals surface area contributed by atoms with E-state index in [1.165, 1.54) is 12.1 Å². The van der Waals surface area contributed by atoms with Crippen LogP contribution in [0.4, 0.5) is 20.3 Å². The lowest BCUT2D eigenvalue weighted by Crippen LogP contribution is -2.22. The molecule has 1 aliphatic rings. The van der Waals surface area contributed by atoms with Gasteiger partial charge in [-0.2, -0.15) is 5.10 Å². The van der Waals surface area contributed by atoms with Crippen LogP contribution < -0.4 is 10.2 Å². The first kappa shape index (κ1) is 19.4. The number of hydrogen-bond donors (Lipinski definition) is 1. The monoisotopic (exact) mass is 399 g/mol. The number of nitrogens with zero attached hydrogens (tertiary/aromatic N) is 4. The third-order valence-electron chi connectivity index (χ3n) is 5.40. The summed E-state index contributed by atoms with van der Waals surface area (Å²) in [5.41, 5.74) is 2.79. The van der Waals surface area contributed by atoms with E-state index in [0.29, 0.717) is 17.1 Å². The topological polar surface area (TPSA) is 63.2 Å². The summed E-state index contributed by atoms with van der Waals surface area (Å²) in [6.45, 7) is 5.35. The van der Waals surface area contributed by atoms with Crippen molar-refractivity contribution >= 4 is 22.4 Å². The molecule has 4 rings (SSSR count). The lowest BCUT2D eigenvalue weighted by atomic mass is 10.1. The lowest BCUT2D eigenvalue weighted by molar-refractivity contribution is 0.121. The van der Waals surface area contributed by atoms with E-state index in [4.69, 9.17) is 4.74 Å². The molecule has 1 fully saturated rings. The molecule has 152 valence electrons. The number of aromatic nitrogens is 3. The van der Waals surface area contributed by atoms with E-state index in [9.17, 15) is 8.78 Å². The van der Waals surface area contributed by atoms with Crippen molar-refractivity contribution < 1.29 is 13.5 Å². The normalized spacial score (nSPS) is 17.7. The Morgan fingerprint density at radius 2 is 2.07 bits per heavy atom. The third-order valence-corrected chi connectivity index (χ3v) is 5.40. The SMILES string of the molecule is CO[C@H]1CCN(c2cnc3c(C)nnc(N[C@H](C)c4ccc(F)cc4F)c3c2)C1. The zero-order valence-corrected chi connectivity index (χ0v) is 16.6. The van der Waals surface area contributed by atoms with Gasteiger partial charge in [0.2, 0.25) is 0 Å². The summed E-state index contributed by atoms with van der Waals surface area (Å²) in [5, 5.41) is 12.5. The molecule has 0 amide bonds. The maximum atomic E-state index is 14.2. The third kappa shape index (κ3) is 3.85. The van der Waals surface area contributed by atoms with E-state index >= 15 is 0 Å². The maximum Gasteiger partial charge on any atom is 0.158 e. The molecule has 29 heavy (non-hydrogen) atoms. The van der Waals surface area contributed by atoms with Crippen LogP contribution in [0.25, 0.3) is 10.9 Å². The summed E-state index contributed by atoms with van der Waals surface area (Å²) >= 11 is 0. The first-order chi connectivity index (χ1) is 14.0. The van der Waals surface area contributed by atoms with Crippen LogP contribution in [0.2, 0.25) is 0 Å². The molecule has 1 saturated heterocycles. The van der Waals surface area contributed by atoms with Gasteiger partial charge >= 0.3 is 0 Å². The van der Waals surface area contributed by atoms with E-state index in [1.807, 2.05) is 19.2 Å². The number of pyridine rings is 1. The molecule has 0 radical (unpaired) electrons. The second kappa shape index (κ2) is 7.87. The molecule has 3 aromatic rings. The van der Waals surface area contributed by atoms with E-state index < -0.39 is 17.7 Å². The van der Waals surface area contributed by atoms with Crippen molar-refractivity contribution in [3.8, 4) is 0 Å². The number of ether oxygens (including phenoxy) is 1. The average molecular weight is 399 g/mol. The number of fused-ring (bicyclic) bond motifs is 1. The fraction of sp³-hybridized carbons (Fsp3) is 0.381. The van der Waals surface area contributed by atoms with Crippen LogP contribution in [0.1, 0.15) is 30.6 Å². The Morgan fingerprint density at radius 1 is 1.24 bits per heavy atom. The maximum absolute atomic E-state index is 14.2. The van der Waals surface area contributed by atoms with E-state index in [-0.39, 0.29) is 6.10 Å². The van der Waals surface area contributed by atoms with Gasteiger partial charge in [-0.15, -0.1) is 5.10 Å². The molecule has 1 N–H and O–H groups in total. The van der Waals surface area contributed by atoms with Gasteiger partial charge in [0, 0.05) is 37.2 Å². The molecule has 0 aliphatic carbocycles. The first-order valence-corrected chi connectivity index (χ1v) is 9.58. The fourth-order valence-corrected chi connectivity index (χ4v) is 3.72. The molecule has 0 saturated carbocycles. The molecule has 0 spiro atoms. The number of rotatable bonds is 5. The van der Waals surface area contributed by atoms with Crippen LogP contribution in [-0.4, -0.2) is 41.5 Å². The Morgan fingerprint density at radius 3 is 2.79 bits per heavy atom. The van der Waals surface area contributed by atoms with Gasteiger partial charge in [-0.05, 0) is 32.4 Å². The van der Waals surface area contributed by atoms with Crippen LogP contribution in [0.15, 0.2) is 30.5 Å². The van der Waals surface area contributed by atoms with Crippen molar-refractivity contribution in [1.29, 1.82) is 0 Å². The number of methoxy groups -OCH3 is 1. The van der Waals surface area contributed by atoms with Gasteiger partial charge < -0.3 is 15.0 Å². The molecule has 1 aromatic carbocycles. The molecule has 3 heterocycles. The van der Waals surface area contributed by atoms with Crippen LogP contribution >= 0.6 is 0 Å². The number of nitrogens with one attached hydrogen (secondary N) is 1. The van der Waals surface area contributed by atoms with Gasteiger partial charge in [0.05, 0.1) is 35.2 Å². The van der Waals surface area contributed by atoms with Crippen LogP contribution in [0, 0.1) is 18.6 Å². The summed E-state index contributed by atoms with van der Waals surface area (Å²) in [4.78, 5) is 6.82. The Kier molecular flexibility index (Phi) is 5.27. The Hall–Kier alpha value is -2.87. The van der Waals surface area contributed by atoms with Crippen molar-refractivity contribution in [3.05, 3.63) is 53.4 Å². The van der Waals surface area contributed by atoms with Crippen LogP contribution in [-0.2, 0) is 4.74 Å². The summed E-state index contributed by atoms with van der Waals surface area (Å²) in [6.07, 6.45) is 3.01. The minimum atomic E-state index is -0.604. The number of benzene rings is 1. The molecular formula is C21H23F2N5O. The molecule has 0 unspecified atom stereocenters. The van der Waals surface area contributed by atoms with Crippen molar-refractivity contribution in [2.45, 2.75) is 32.4 Å². The lowest BCUT2D eigenvalue weighted by Gasteiger charge is -2.20. The van der Waals surface area contributed by atoms with Crippen molar-refractivity contribution in [2.75, 3.05) is 30.4 Å². The minimum Gasteiger partial charge on any atom is -0.380 e. The van der Waals surface area contributed by atoms with Gasteiger partial charge in [0.1, 0.15) is 11.6 Å². The van der Waals surface area contributed by atoms with E-state index in [2.05, 4.69) is 25.4 Å². The smallest absolute Gasteiger partial charge is 0.158 e. The van der Waals surface area contributed by atoms with Gasteiger partial charge in [0.15, 0.2) is 5.82 Å². The second-order valence-electron chi connectivity index (χ2n) is 7.35. The zero-order chi connectivity index (χ0) is 20.5. The highest BCUT2D eigenvalue weighted by Crippen LogP contribution is 2.30. The first-order valence-electron chi connectivity index (χ1n) is 9.58. The standard InChI is InChI=1S/C21H23F2N5O/c1-12(17-5-4-14(22)8-19(17)23)25-21-18-9-15(28-7-6-16(11-28)29-3)10-24-20(18)13(2)26-27-21/h4-5,8-10,12,16H,6-7,11H2,1-3H3,(H,25,27)/t12-,16+/m1/s1. The largest absolute Gasteiger partial charge is 0.380 e. The molecule has 8 heteroatoms. The number of aryl methyl sites for hydroxylation is 1. The summed E-state index contributed by atoms with van der Waals surface area (Å²) < 4.78 is 32.9. The molecule has 6 nitrogen and oxygen atoms in total. The predicted octanol–water partition coefficient (Wildman–Crippen LogP) is 4.01. The minimum absolute atomic E-state index is 0.210. The summed E-state index contributed by atoms with van der Waals surface area (Å²) in [6, 6.07) is 5.16. The molecule has 2 aromatic heterocycles. The molecule has 2 atom stereocenters. The highest BCUT2D eigenvalue weighted by molar-refractivity contribution is 5.92. The van der Waals surface area contributed by atoms with E-state index in [0.717, 1.165) is 42.2 Å². The Bertz CT molecular complexity index is 1050. The Balaban J connectivity index is 1.68. The Labute approximate surface area is 167 Å². The number of hydrogen-bond acceptors (Lipinski definition) is 6. The second-order valence-corrected chi connectivity index (χ2v) is 7.35. The highest BCUT2D eigenvalue weighted by atomic mass is 19.1. The number of halogens is 2.